The van der Waals surface area contributed by atoms with Crippen LogP contribution in [0.2, 0.25) is 0 Å². The number of amides is 2. The number of carbonyl (C=O) groups is 2. The summed E-state index contributed by atoms with van der Waals surface area (Å²) in [5, 5.41) is 3.17. The van der Waals surface area contributed by atoms with E-state index in [1.165, 1.54) is 0 Å². The molecule has 1 fully saturated rings. The molecule has 1 aliphatic heterocycles. The molecule has 0 aromatic heterocycles. The Labute approximate surface area is 194 Å². The molecular weight excluding hydrogens is 412 g/mol. The molecule has 0 bridgehead atoms. The molecule has 1 spiro atoms. The first-order valence-electron chi connectivity index (χ1n) is 11.5. The number of methoxy groups -OCH3 is 1. The highest BCUT2D eigenvalue weighted by Gasteiger charge is 2.56. The third-order valence-electron chi connectivity index (χ3n) is 7.06. The van der Waals surface area contributed by atoms with Gasteiger partial charge in [0.2, 0.25) is 5.91 Å². The average molecular weight is 441 g/mol. The molecule has 0 saturated heterocycles. The summed E-state index contributed by atoms with van der Waals surface area (Å²) in [5.74, 6) is 0.312. The zero-order valence-corrected chi connectivity index (χ0v) is 18.8. The van der Waals surface area contributed by atoms with Crippen molar-refractivity contribution in [2.45, 2.75) is 43.7 Å². The van der Waals surface area contributed by atoms with Crippen molar-refractivity contribution >= 4 is 17.5 Å². The second-order valence-electron chi connectivity index (χ2n) is 8.87. The van der Waals surface area contributed by atoms with E-state index in [-0.39, 0.29) is 11.8 Å². The number of hydrogen-bond acceptors (Lipinski definition) is 3. The normalized spacial score (nSPS) is 18.8. The van der Waals surface area contributed by atoms with E-state index in [0.717, 1.165) is 48.2 Å². The number of para-hydroxylation sites is 1. The lowest BCUT2D eigenvalue weighted by atomic mass is 9.70. The van der Waals surface area contributed by atoms with Crippen molar-refractivity contribution < 1.29 is 14.3 Å². The molecule has 5 rings (SSSR count). The van der Waals surface area contributed by atoms with E-state index >= 15 is 0 Å². The van der Waals surface area contributed by atoms with Crippen LogP contribution < -0.4 is 15.0 Å². The maximum atomic E-state index is 13.8. The van der Waals surface area contributed by atoms with Gasteiger partial charge in [0.05, 0.1) is 18.6 Å². The molecule has 3 aromatic rings. The van der Waals surface area contributed by atoms with E-state index in [9.17, 15) is 9.59 Å². The van der Waals surface area contributed by atoms with Gasteiger partial charge in [0.15, 0.2) is 0 Å². The van der Waals surface area contributed by atoms with Crippen LogP contribution >= 0.6 is 0 Å². The highest BCUT2D eigenvalue weighted by molar-refractivity contribution is 6.12. The predicted molar refractivity (Wildman–Crippen MR) is 128 cm³/mol. The van der Waals surface area contributed by atoms with Crippen LogP contribution in [0.4, 0.5) is 5.69 Å². The summed E-state index contributed by atoms with van der Waals surface area (Å²) < 4.78 is 5.23. The molecule has 3 aromatic carbocycles. The van der Waals surface area contributed by atoms with E-state index in [0.29, 0.717) is 12.1 Å². The minimum atomic E-state index is -0.559. The highest BCUT2D eigenvalue weighted by atomic mass is 16.5. The van der Waals surface area contributed by atoms with E-state index in [1.807, 2.05) is 83.8 Å². The van der Waals surface area contributed by atoms with Crippen molar-refractivity contribution in [1.82, 2.24) is 5.32 Å². The number of ether oxygens (including phenoxy) is 1. The van der Waals surface area contributed by atoms with Crippen molar-refractivity contribution in [2.75, 3.05) is 12.0 Å². The van der Waals surface area contributed by atoms with Crippen molar-refractivity contribution in [3.63, 3.8) is 0 Å². The van der Waals surface area contributed by atoms with Crippen molar-refractivity contribution in [1.29, 1.82) is 0 Å². The summed E-state index contributed by atoms with van der Waals surface area (Å²) in [6, 6.07) is 25.1. The van der Waals surface area contributed by atoms with Gasteiger partial charge in [0.25, 0.3) is 5.91 Å². The Morgan fingerprint density at radius 2 is 1.64 bits per heavy atom. The molecule has 33 heavy (non-hydrogen) atoms. The van der Waals surface area contributed by atoms with Gasteiger partial charge in [-0.1, -0.05) is 61.4 Å². The number of hydrogen-bond donors (Lipinski definition) is 1. The summed E-state index contributed by atoms with van der Waals surface area (Å²) in [6.07, 6.45) is 3.62. The zero-order valence-electron chi connectivity index (χ0n) is 18.8. The van der Waals surface area contributed by atoms with Crippen molar-refractivity contribution in [2.24, 2.45) is 0 Å². The minimum absolute atomic E-state index is 0.0158. The number of nitrogens with zero attached hydrogens (tertiary/aromatic N) is 1. The molecule has 1 saturated carbocycles. The SMILES string of the molecule is COc1ccc(CNC(=O)[C@@H]2c3ccccc3C(=O)N(c3ccccc3)C23CCCC3)cc1. The van der Waals surface area contributed by atoms with E-state index < -0.39 is 11.5 Å². The van der Waals surface area contributed by atoms with Gasteiger partial charge in [0, 0.05) is 17.8 Å². The Bertz CT molecular complexity index is 1150. The van der Waals surface area contributed by atoms with Crippen molar-refractivity contribution in [3.05, 3.63) is 95.6 Å². The molecule has 168 valence electrons. The van der Waals surface area contributed by atoms with E-state index in [4.69, 9.17) is 4.74 Å². The van der Waals surface area contributed by atoms with Crippen LogP contribution in [0, 0.1) is 0 Å². The quantitative estimate of drug-likeness (QED) is 0.603. The minimum Gasteiger partial charge on any atom is -0.497 e. The monoisotopic (exact) mass is 440 g/mol. The van der Waals surface area contributed by atoms with Gasteiger partial charge in [0.1, 0.15) is 5.75 Å². The molecule has 1 N–H and O–H groups in total. The van der Waals surface area contributed by atoms with Crippen LogP contribution in [0.5, 0.6) is 5.75 Å². The van der Waals surface area contributed by atoms with Crippen LogP contribution in [0.25, 0.3) is 0 Å². The van der Waals surface area contributed by atoms with Crippen molar-refractivity contribution in [3.8, 4) is 5.75 Å². The number of anilines is 1. The number of benzene rings is 3. The van der Waals surface area contributed by atoms with Gasteiger partial charge < -0.3 is 15.0 Å². The lowest BCUT2D eigenvalue weighted by molar-refractivity contribution is -0.124. The lowest BCUT2D eigenvalue weighted by Crippen LogP contribution is -2.61. The molecular formula is C28H28N2O3. The molecule has 0 unspecified atom stereocenters. The number of fused-ring (bicyclic) bond motifs is 1. The van der Waals surface area contributed by atoms with E-state index in [2.05, 4.69) is 5.32 Å². The standard InChI is InChI=1S/C28H28N2O3/c1-33-22-15-13-20(14-16-22)19-29-26(31)25-23-11-5-6-12-24(23)27(32)30(21-9-3-2-4-10-21)28(25)17-7-8-18-28/h2-6,9-16,25H,7-8,17-19H2,1H3,(H,29,31)/t25-/m0/s1. The smallest absolute Gasteiger partial charge is 0.259 e. The Morgan fingerprint density at radius 1 is 0.970 bits per heavy atom. The first kappa shape index (κ1) is 21.3. The molecule has 0 radical (unpaired) electrons. The Kier molecular flexibility index (Phi) is 5.63. The Morgan fingerprint density at radius 3 is 2.33 bits per heavy atom. The highest BCUT2D eigenvalue weighted by Crippen LogP contribution is 2.51. The van der Waals surface area contributed by atoms with Crippen LogP contribution in [0.15, 0.2) is 78.9 Å². The third-order valence-corrected chi connectivity index (χ3v) is 7.06. The maximum Gasteiger partial charge on any atom is 0.259 e. The molecule has 1 heterocycles. The second-order valence-corrected chi connectivity index (χ2v) is 8.87. The van der Waals surface area contributed by atoms with Gasteiger partial charge in [-0.15, -0.1) is 0 Å². The fraction of sp³-hybridized carbons (Fsp3) is 0.286. The molecule has 1 aliphatic carbocycles. The molecule has 2 amide bonds. The lowest BCUT2D eigenvalue weighted by Gasteiger charge is -2.50. The van der Waals surface area contributed by atoms with Crippen LogP contribution in [-0.2, 0) is 11.3 Å². The summed E-state index contributed by atoms with van der Waals surface area (Å²) >= 11 is 0. The maximum absolute atomic E-state index is 13.8. The average Bonchev–Trinajstić information content (AvgIpc) is 3.33. The van der Waals surface area contributed by atoms with Gasteiger partial charge in [-0.3, -0.25) is 9.59 Å². The fourth-order valence-corrected chi connectivity index (χ4v) is 5.56. The predicted octanol–water partition coefficient (Wildman–Crippen LogP) is 5.07. The molecule has 5 heteroatoms. The summed E-state index contributed by atoms with van der Waals surface area (Å²) in [6.45, 7) is 0.427. The van der Waals surface area contributed by atoms with Gasteiger partial charge in [-0.2, -0.15) is 0 Å². The second kappa shape index (κ2) is 8.74. The number of carbonyl (C=O) groups excluding carboxylic acids is 2. The number of nitrogens with one attached hydrogen (secondary N) is 1. The fourth-order valence-electron chi connectivity index (χ4n) is 5.56. The topological polar surface area (TPSA) is 58.6 Å². The Hall–Kier alpha value is -3.60. The van der Waals surface area contributed by atoms with Crippen LogP contribution in [-0.4, -0.2) is 24.5 Å². The molecule has 2 aliphatic rings. The Balaban J connectivity index is 1.54. The largest absolute Gasteiger partial charge is 0.497 e. The van der Waals surface area contributed by atoms with Gasteiger partial charge in [-0.05, 0) is 54.3 Å². The summed E-state index contributed by atoms with van der Waals surface area (Å²) in [7, 11) is 1.64. The molecule has 5 nitrogen and oxygen atoms in total. The number of rotatable bonds is 5. The summed E-state index contributed by atoms with van der Waals surface area (Å²) in [5.41, 5.74) is 2.75. The van der Waals surface area contributed by atoms with Crippen LogP contribution in [0.3, 0.4) is 0 Å². The molecule has 1 atom stereocenters. The van der Waals surface area contributed by atoms with E-state index in [1.54, 1.807) is 7.11 Å². The van der Waals surface area contributed by atoms with Gasteiger partial charge in [-0.25, -0.2) is 0 Å². The first-order chi connectivity index (χ1) is 16.1. The first-order valence-corrected chi connectivity index (χ1v) is 11.5. The summed E-state index contributed by atoms with van der Waals surface area (Å²) in [4.78, 5) is 29.5. The third kappa shape index (κ3) is 3.67. The van der Waals surface area contributed by atoms with Crippen LogP contribution in [0.1, 0.15) is 53.1 Å². The van der Waals surface area contributed by atoms with Gasteiger partial charge >= 0.3 is 0 Å². The zero-order chi connectivity index (χ0) is 22.8.